The Kier molecular flexibility index (Phi) is 5.54. The highest BCUT2D eigenvalue weighted by molar-refractivity contribution is 7.99. The minimum absolute atomic E-state index is 0.632. The molecule has 2 N–H and O–H groups in total. The lowest BCUT2D eigenvalue weighted by atomic mass is 9.94. The van der Waals surface area contributed by atoms with Crippen molar-refractivity contribution < 1.29 is 0 Å². The van der Waals surface area contributed by atoms with E-state index in [1.807, 2.05) is 18.7 Å². The standard InChI is InChI=1S/C14H20N2S/c1-3-14(16,11-15)8-5-9-17-13-7-4-6-12(2)10-13/h4,6-7,10H,3,5,8-9,16H2,1-2H3. The molecule has 0 saturated heterocycles. The van der Waals surface area contributed by atoms with Crippen LogP contribution in [0.3, 0.4) is 0 Å². The Bertz CT molecular complexity index is 397. The maximum atomic E-state index is 8.96. The largest absolute Gasteiger partial charge is 0.313 e. The van der Waals surface area contributed by atoms with Gasteiger partial charge < -0.3 is 5.73 Å². The van der Waals surface area contributed by atoms with Crippen LogP contribution in [-0.2, 0) is 0 Å². The summed E-state index contributed by atoms with van der Waals surface area (Å²) in [4.78, 5) is 1.29. The van der Waals surface area contributed by atoms with Crippen molar-refractivity contribution in [2.45, 2.75) is 43.5 Å². The van der Waals surface area contributed by atoms with Gasteiger partial charge in [-0.25, -0.2) is 0 Å². The molecule has 0 bridgehead atoms. The zero-order valence-electron chi connectivity index (χ0n) is 10.6. The molecular formula is C14H20N2S. The van der Waals surface area contributed by atoms with Crippen LogP contribution in [0, 0.1) is 18.3 Å². The third-order valence-corrected chi connectivity index (χ3v) is 3.96. The third kappa shape index (κ3) is 4.80. The summed E-state index contributed by atoms with van der Waals surface area (Å²) in [6.07, 6.45) is 2.48. The van der Waals surface area contributed by atoms with Crippen LogP contribution in [0.1, 0.15) is 31.7 Å². The number of aryl methyl sites for hydroxylation is 1. The SMILES string of the molecule is CCC(N)(C#N)CCCSc1cccc(C)c1. The first-order valence-corrected chi connectivity index (χ1v) is 6.98. The van der Waals surface area contributed by atoms with E-state index in [0.29, 0.717) is 0 Å². The second-order valence-electron chi connectivity index (χ2n) is 4.39. The number of nitriles is 1. The van der Waals surface area contributed by atoms with E-state index in [4.69, 9.17) is 11.0 Å². The van der Waals surface area contributed by atoms with Crippen LogP contribution < -0.4 is 5.73 Å². The second kappa shape index (κ2) is 6.68. The molecular weight excluding hydrogens is 228 g/mol. The predicted octanol–water partition coefficient (Wildman–Crippen LogP) is 3.50. The lowest BCUT2D eigenvalue weighted by Gasteiger charge is -2.18. The topological polar surface area (TPSA) is 49.8 Å². The lowest BCUT2D eigenvalue weighted by Crippen LogP contribution is -2.37. The molecule has 0 aliphatic heterocycles. The molecule has 0 heterocycles. The van der Waals surface area contributed by atoms with Crippen molar-refractivity contribution in [2.75, 3.05) is 5.75 Å². The summed E-state index contributed by atoms with van der Waals surface area (Å²) in [6.45, 7) is 4.07. The maximum Gasteiger partial charge on any atom is 0.104 e. The van der Waals surface area contributed by atoms with Gasteiger partial charge in [-0.3, -0.25) is 0 Å². The molecule has 0 amide bonds. The van der Waals surface area contributed by atoms with E-state index in [-0.39, 0.29) is 0 Å². The van der Waals surface area contributed by atoms with Crippen LogP contribution in [0.15, 0.2) is 29.2 Å². The average Bonchev–Trinajstić information content (AvgIpc) is 2.34. The van der Waals surface area contributed by atoms with Crippen molar-refractivity contribution in [1.29, 1.82) is 5.26 Å². The van der Waals surface area contributed by atoms with E-state index < -0.39 is 5.54 Å². The minimum Gasteiger partial charge on any atom is -0.313 e. The van der Waals surface area contributed by atoms with Gasteiger partial charge in [-0.2, -0.15) is 5.26 Å². The van der Waals surface area contributed by atoms with Gasteiger partial charge in [0.15, 0.2) is 0 Å². The lowest BCUT2D eigenvalue weighted by molar-refractivity contribution is 0.478. The van der Waals surface area contributed by atoms with Crippen LogP contribution in [-0.4, -0.2) is 11.3 Å². The summed E-state index contributed by atoms with van der Waals surface area (Å²) in [5, 5.41) is 8.96. The molecule has 17 heavy (non-hydrogen) atoms. The highest BCUT2D eigenvalue weighted by Gasteiger charge is 2.20. The van der Waals surface area contributed by atoms with Crippen molar-refractivity contribution >= 4 is 11.8 Å². The molecule has 92 valence electrons. The van der Waals surface area contributed by atoms with Crippen LogP contribution in [0.2, 0.25) is 0 Å². The van der Waals surface area contributed by atoms with Gasteiger partial charge in [0.1, 0.15) is 5.54 Å². The molecule has 0 radical (unpaired) electrons. The van der Waals surface area contributed by atoms with E-state index in [2.05, 4.69) is 37.3 Å². The van der Waals surface area contributed by atoms with Crippen LogP contribution in [0.4, 0.5) is 0 Å². The van der Waals surface area contributed by atoms with E-state index in [9.17, 15) is 0 Å². The number of thioether (sulfide) groups is 1. The fourth-order valence-corrected chi connectivity index (χ4v) is 2.56. The van der Waals surface area contributed by atoms with E-state index in [1.54, 1.807) is 0 Å². The van der Waals surface area contributed by atoms with Crippen LogP contribution >= 0.6 is 11.8 Å². The van der Waals surface area contributed by atoms with Crippen molar-refractivity contribution in [3.05, 3.63) is 29.8 Å². The summed E-state index contributed by atoms with van der Waals surface area (Å²) < 4.78 is 0. The molecule has 1 aromatic rings. The van der Waals surface area contributed by atoms with Gasteiger partial charge >= 0.3 is 0 Å². The van der Waals surface area contributed by atoms with Crippen molar-refractivity contribution in [2.24, 2.45) is 5.73 Å². The Morgan fingerprint density at radius 1 is 1.47 bits per heavy atom. The highest BCUT2D eigenvalue weighted by Crippen LogP contribution is 2.22. The smallest absolute Gasteiger partial charge is 0.104 e. The van der Waals surface area contributed by atoms with Gasteiger partial charge in [0.25, 0.3) is 0 Å². The normalized spacial score (nSPS) is 14.0. The Hall–Kier alpha value is -0.980. The molecule has 0 aromatic heterocycles. The molecule has 1 aromatic carbocycles. The molecule has 0 saturated carbocycles. The zero-order chi connectivity index (χ0) is 12.7. The van der Waals surface area contributed by atoms with Crippen LogP contribution in [0.25, 0.3) is 0 Å². The third-order valence-electron chi connectivity index (χ3n) is 2.88. The van der Waals surface area contributed by atoms with E-state index in [1.165, 1.54) is 10.5 Å². The van der Waals surface area contributed by atoms with E-state index >= 15 is 0 Å². The average molecular weight is 248 g/mol. The van der Waals surface area contributed by atoms with Crippen LogP contribution in [0.5, 0.6) is 0 Å². The summed E-state index contributed by atoms with van der Waals surface area (Å²) >= 11 is 1.83. The Morgan fingerprint density at radius 2 is 2.24 bits per heavy atom. The number of hydrogen-bond donors (Lipinski definition) is 1. The summed E-state index contributed by atoms with van der Waals surface area (Å²) in [7, 11) is 0. The molecule has 0 aliphatic carbocycles. The molecule has 1 atom stereocenters. The predicted molar refractivity (Wildman–Crippen MR) is 74.0 cm³/mol. The van der Waals surface area contributed by atoms with Gasteiger partial charge in [0, 0.05) is 4.90 Å². The van der Waals surface area contributed by atoms with E-state index in [0.717, 1.165) is 25.0 Å². The maximum absolute atomic E-state index is 8.96. The minimum atomic E-state index is -0.632. The fraction of sp³-hybridized carbons (Fsp3) is 0.500. The zero-order valence-corrected chi connectivity index (χ0v) is 11.4. The first-order valence-electron chi connectivity index (χ1n) is 5.99. The number of benzene rings is 1. The van der Waals surface area contributed by atoms with Crippen molar-refractivity contribution in [3.63, 3.8) is 0 Å². The number of hydrogen-bond acceptors (Lipinski definition) is 3. The van der Waals surface area contributed by atoms with Gasteiger partial charge in [-0.15, -0.1) is 11.8 Å². The van der Waals surface area contributed by atoms with Crippen molar-refractivity contribution in [1.82, 2.24) is 0 Å². The molecule has 3 heteroatoms. The molecule has 2 nitrogen and oxygen atoms in total. The Labute approximate surface area is 108 Å². The Morgan fingerprint density at radius 3 is 2.82 bits per heavy atom. The molecule has 0 fully saturated rings. The molecule has 0 spiro atoms. The fourth-order valence-electron chi connectivity index (χ4n) is 1.59. The summed E-state index contributed by atoms with van der Waals surface area (Å²) in [5.41, 5.74) is 6.58. The van der Waals surface area contributed by atoms with Gasteiger partial charge in [-0.05, 0) is 44.1 Å². The number of nitrogens with zero attached hydrogens (tertiary/aromatic N) is 1. The number of rotatable bonds is 6. The monoisotopic (exact) mass is 248 g/mol. The van der Waals surface area contributed by atoms with Crippen molar-refractivity contribution in [3.8, 4) is 6.07 Å². The molecule has 1 unspecified atom stereocenters. The first-order chi connectivity index (χ1) is 8.09. The Balaban J connectivity index is 2.32. The quantitative estimate of drug-likeness (QED) is 0.619. The molecule has 0 aliphatic rings. The summed E-state index contributed by atoms with van der Waals surface area (Å²) in [5.74, 6) is 1.02. The van der Waals surface area contributed by atoms with Gasteiger partial charge in [-0.1, -0.05) is 24.6 Å². The second-order valence-corrected chi connectivity index (χ2v) is 5.56. The molecule has 1 rings (SSSR count). The van der Waals surface area contributed by atoms with Gasteiger partial charge in [0.05, 0.1) is 6.07 Å². The number of nitrogens with two attached hydrogens (primary N) is 1. The first kappa shape index (κ1) is 14.1. The highest BCUT2D eigenvalue weighted by atomic mass is 32.2. The summed E-state index contributed by atoms with van der Waals surface area (Å²) in [6, 6.07) is 10.7. The van der Waals surface area contributed by atoms with Gasteiger partial charge in [0.2, 0.25) is 0 Å².